The summed E-state index contributed by atoms with van der Waals surface area (Å²) >= 11 is 0. The third-order valence-electron chi connectivity index (χ3n) is 5.11. The molecule has 3 heterocycles. The van der Waals surface area contributed by atoms with E-state index in [1.807, 2.05) is 15.7 Å². The molecular weight excluding hydrogens is 334 g/mol. The minimum absolute atomic E-state index is 0.0517. The number of carbonyl (C=O) groups excluding carboxylic acids is 2. The summed E-state index contributed by atoms with van der Waals surface area (Å²) in [6.45, 7) is 7.07. The Morgan fingerprint density at radius 3 is 2.88 bits per heavy atom. The Labute approximate surface area is 154 Å². The molecular formula is C18H29N5O3. The first-order chi connectivity index (χ1) is 12.7. The maximum Gasteiger partial charge on any atom is 0.224 e. The minimum atomic E-state index is -0.0983. The first kappa shape index (κ1) is 18.8. The van der Waals surface area contributed by atoms with E-state index >= 15 is 0 Å². The van der Waals surface area contributed by atoms with Crippen molar-refractivity contribution < 1.29 is 14.3 Å². The summed E-state index contributed by atoms with van der Waals surface area (Å²) in [4.78, 5) is 32.8. The van der Waals surface area contributed by atoms with Crippen molar-refractivity contribution in [3.63, 3.8) is 0 Å². The molecule has 2 saturated heterocycles. The molecule has 0 aliphatic carbocycles. The van der Waals surface area contributed by atoms with Crippen LogP contribution in [0.2, 0.25) is 0 Å². The monoisotopic (exact) mass is 363 g/mol. The van der Waals surface area contributed by atoms with Crippen LogP contribution in [0.15, 0.2) is 18.7 Å². The molecule has 0 aromatic carbocycles. The fraction of sp³-hybridized carbons (Fsp3) is 0.722. The van der Waals surface area contributed by atoms with E-state index in [1.165, 1.54) is 0 Å². The number of amides is 2. The van der Waals surface area contributed by atoms with Crippen molar-refractivity contribution in [2.45, 2.75) is 25.8 Å². The highest BCUT2D eigenvalue weighted by Crippen LogP contribution is 2.18. The number of piperidine rings is 1. The topological polar surface area (TPSA) is 79.7 Å². The van der Waals surface area contributed by atoms with Crippen LogP contribution in [0.5, 0.6) is 0 Å². The molecule has 8 heteroatoms. The Balaban J connectivity index is 1.37. The van der Waals surface area contributed by atoms with Crippen molar-refractivity contribution in [3.8, 4) is 0 Å². The Kier molecular flexibility index (Phi) is 7.02. The van der Waals surface area contributed by atoms with Crippen LogP contribution in [-0.4, -0.2) is 83.6 Å². The molecule has 1 aromatic heterocycles. The van der Waals surface area contributed by atoms with Crippen molar-refractivity contribution in [1.82, 2.24) is 24.7 Å². The molecule has 2 aliphatic rings. The van der Waals surface area contributed by atoms with Crippen LogP contribution in [0.1, 0.15) is 19.3 Å². The summed E-state index contributed by atoms with van der Waals surface area (Å²) < 4.78 is 7.29. The number of morpholine rings is 1. The number of carbonyl (C=O) groups is 2. The Morgan fingerprint density at radius 1 is 1.27 bits per heavy atom. The largest absolute Gasteiger partial charge is 0.379 e. The van der Waals surface area contributed by atoms with Gasteiger partial charge in [0.25, 0.3) is 0 Å². The number of aromatic nitrogens is 2. The molecule has 1 atom stereocenters. The number of likely N-dealkylation sites (tertiary alicyclic amines) is 1. The molecule has 1 unspecified atom stereocenters. The summed E-state index contributed by atoms with van der Waals surface area (Å²) in [6.07, 6.45) is 7.40. The maximum absolute atomic E-state index is 12.4. The molecule has 1 aromatic rings. The zero-order valence-electron chi connectivity index (χ0n) is 15.3. The van der Waals surface area contributed by atoms with E-state index in [4.69, 9.17) is 4.74 Å². The van der Waals surface area contributed by atoms with E-state index in [2.05, 4.69) is 15.2 Å². The van der Waals surface area contributed by atoms with Crippen LogP contribution in [0.4, 0.5) is 0 Å². The first-order valence-electron chi connectivity index (χ1n) is 9.53. The van der Waals surface area contributed by atoms with Gasteiger partial charge < -0.3 is 19.5 Å². The minimum Gasteiger partial charge on any atom is -0.379 e. The van der Waals surface area contributed by atoms with E-state index < -0.39 is 0 Å². The molecule has 26 heavy (non-hydrogen) atoms. The third kappa shape index (κ3) is 5.54. The van der Waals surface area contributed by atoms with Gasteiger partial charge in [0.1, 0.15) is 0 Å². The van der Waals surface area contributed by atoms with Crippen LogP contribution in [-0.2, 0) is 20.9 Å². The van der Waals surface area contributed by atoms with Gasteiger partial charge in [-0.1, -0.05) is 0 Å². The van der Waals surface area contributed by atoms with E-state index in [-0.39, 0.29) is 17.7 Å². The van der Waals surface area contributed by atoms with Gasteiger partial charge in [-0.15, -0.1) is 0 Å². The van der Waals surface area contributed by atoms with E-state index in [9.17, 15) is 9.59 Å². The lowest BCUT2D eigenvalue weighted by molar-refractivity contribution is -0.138. The van der Waals surface area contributed by atoms with Crippen LogP contribution in [0, 0.1) is 5.92 Å². The molecule has 2 fully saturated rings. The zero-order valence-corrected chi connectivity index (χ0v) is 15.3. The average Bonchev–Trinajstić information content (AvgIpc) is 3.17. The predicted octanol–water partition coefficient (Wildman–Crippen LogP) is -0.0398. The van der Waals surface area contributed by atoms with Gasteiger partial charge in [0.15, 0.2) is 0 Å². The van der Waals surface area contributed by atoms with Gasteiger partial charge in [-0.25, -0.2) is 4.98 Å². The van der Waals surface area contributed by atoms with E-state index in [0.29, 0.717) is 32.5 Å². The second kappa shape index (κ2) is 9.68. The smallest absolute Gasteiger partial charge is 0.224 e. The van der Waals surface area contributed by atoms with Gasteiger partial charge in [-0.05, 0) is 12.8 Å². The Hall–Kier alpha value is -1.93. The number of ether oxygens (including phenoxy) is 1. The van der Waals surface area contributed by atoms with Gasteiger partial charge in [0.2, 0.25) is 11.8 Å². The lowest BCUT2D eigenvalue weighted by Crippen LogP contribution is -2.47. The summed E-state index contributed by atoms with van der Waals surface area (Å²) in [5, 5.41) is 2.99. The van der Waals surface area contributed by atoms with Crippen molar-refractivity contribution in [1.29, 1.82) is 0 Å². The van der Waals surface area contributed by atoms with Gasteiger partial charge in [-0.2, -0.15) is 0 Å². The number of nitrogens with zero attached hydrogens (tertiary/aromatic N) is 4. The molecule has 0 spiro atoms. The lowest BCUT2D eigenvalue weighted by atomic mass is 9.96. The average molecular weight is 363 g/mol. The Morgan fingerprint density at radius 2 is 2.12 bits per heavy atom. The fourth-order valence-electron chi connectivity index (χ4n) is 3.53. The number of imidazole rings is 1. The predicted molar refractivity (Wildman–Crippen MR) is 96.4 cm³/mol. The van der Waals surface area contributed by atoms with Gasteiger partial charge in [-0.3, -0.25) is 14.5 Å². The van der Waals surface area contributed by atoms with Gasteiger partial charge >= 0.3 is 0 Å². The summed E-state index contributed by atoms with van der Waals surface area (Å²) in [7, 11) is 0. The van der Waals surface area contributed by atoms with Crippen molar-refractivity contribution in [2.75, 3.05) is 52.5 Å². The zero-order chi connectivity index (χ0) is 18.2. The molecule has 2 aliphatic heterocycles. The quantitative estimate of drug-likeness (QED) is 0.701. The molecule has 144 valence electrons. The third-order valence-corrected chi connectivity index (χ3v) is 5.11. The molecule has 0 bridgehead atoms. The Bertz CT molecular complexity index is 571. The first-order valence-corrected chi connectivity index (χ1v) is 9.53. The fourth-order valence-corrected chi connectivity index (χ4v) is 3.53. The highest BCUT2D eigenvalue weighted by molar-refractivity contribution is 5.83. The molecule has 0 radical (unpaired) electrons. The number of hydrogen-bond donors (Lipinski definition) is 1. The van der Waals surface area contributed by atoms with Gasteiger partial charge in [0.05, 0.1) is 25.5 Å². The standard InChI is InChI=1S/C18H29N5O3/c24-17-3-2-16(18(25)20-5-9-22-8-4-19-15-22)14-23(17)7-1-6-21-10-12-26-13-11-21/h4,8,15-16H,1-3,5-7,9-14H2,(H,20,25). The molecule has 3 rings (SSSR count). The van der Waals surface area contributed by atoms with Crippen LogP contribution < -0.4 is 5.32 Å². The highest BCUT2D eigenvalue weighted by atomic mass is 16.5. The summed E-state index contributed by atoms with van der Waals surface area (Å²) in [5.74, 6) is 0.129. The number of hydrogen-bond acceptors (Lipinski definition) is 5. The second-order valence-corrected chi connectivity index (χ2v) is 6.97. The van der Waals surface area contributed by atoms with Crippen molar-refractivity contribution in [2.24, 2.45) is 5.92 Å². The lowest BCUT2D eigenvalue weighted by Gasteiger charge is -2.33. The van der Waals surface area contributed by atoms with Crippen molar-refractivity contribution >= 4 is 11.8 Å². The molecule has 2 amide bonds. The second-order valence-electron chi connectivity index (χ2n) is 6.97. The number of rotatable bonds is 8. The van der Waals surface area contributed by atoms with Crippen LogP contribution in [0.3, 0.4) is 0 Å². The normalized spacial score (nSPS) is 21.8. The molecule has 8 nitrogen and oxygen atoms in total. The molecule has 1 N–H and O–H groups in total. The highest BCUT2D eigenvalue weighted by Gasteiger charge is 2.29. The van der Waals surface area contributed by atoms with Crippen LogP contribution >= 0.6 is 0 Å². The van der Waals surface area contributed by atoms with E-state index in [0.717, 1.165) is 45.8 Å². The van der Waals surface area contributed by atoms with Gasteiger partial charge in [0, 0.05) is 64.6 Å². The van der Waals surface area contributed by atoms with Crippen LogP contribution in [0.25, 0.3) is 0 Å². The maximum atomic E-state index is 12.4. The SMILES string of the molecule is O=C(NCCn1ccnc1)C1CCC(=O)N(CCCN2CCOCC2)C1. The molecule has 0 saturated carbocycles. The number of nitrogens with one attached hydrogen (secondary N) is 1. The summed E-state index contributed by atoms with van der Waals surface area (Å²) in [6, 6.07) is 0. The summed E-state index contributed by atoms with van der Waals surface area (Å²) in [5.41, 5.74) is 0. The van der Waals surface area contributed by atoms with Crippen molar-refractivity contribution in [3.05, 3.63) is 18.7 Å². The van der Waals surface area contributed by atoms with E-state index in [1.54, 1.807) is 12.5 Å².